The van der Waals surface area contributed by atoms with Gasteiger partial charge in [-0.25, -0.2) is 0 Å². The Kier molecular flexibility index (Phi) is 14.7. The number of carboxylic acid groups (broad SMARTS) is 1. The Bertz CT molecular complexity index is 1260. The fraction of sp³-hybridized carbons (Fsp3) is 0.333. The first kappa shape index (κ1) is 34.7. The van der Waals surface area contributed by atoms with Gasteiger partial charge in [0, 0.05) is 0 Å². The molecule has 0 heterocycles. The van der Waals surface area contributed by atoms with Gasteiger partial charge < -0.3 is 25.3 Å². The molecule has 0 saturated carbocycles. The Morgan fingerprint density at radius 1 is 1.08 bits per heavy atom. The second-order valence-corrected chi connectivity index (χ2v) is 9.10. The number of alkyl halides is 3. The lowest BCUT2D eigenvalue weighted by molar-refractivity contribution is -0.139. The number of sulfonamides is 1. The average molecular weight is 576 g/mol. The van der Waals surface area contributed by atoms with Gasteiger partial charge in [-0.1, -0.05) is 44.5 Å². The van der Waals surface area contributed by atoms with E-state index in [4.69, 9.17) is 9.84 Å². The van der Waals surface area contributed by atoms with Crippen LogP contribution in [0, 0.1) is 12.8 Å². The fourth-order valence-electron chi connectivity index (χ4n) is 2.57. The van der Waals surface area contributed by atoms with E-state index in [1.165, 1.54) is 23.3 Å². The number of amides is 2. The minimum Gasteiger partial charge on any atom is -0.482 e. The van der Waals surface area contributed by atoms with Crippen molar-refractivity contribution in [2.75, 3.05) is 17.9 Å². The SMILES string of the molecule is C#C.CCC.O=C[C@H](CC(=O)O)NC(=O)CNC(=O)COc1cc2ccccc2cc1NS(=O)(=O)C(F)(F)F. The highest BCUT2D eigenvalue weighted by Crippen LogP contribution is 2.34. The van der Waals surface area contributed by atoms with Crippen LogP contribution in [-0.2, 0) is 29.2 Å². The number of carbonyl (C=O) groups is 4. The molecule has 11 nitrogen and oxygen atoms in total. The highest BCUT2D eigenvalue weighted by Gasteiger charge is 2.46. The van der Waals surface area contributed by atoms with Crippen molar-refractivity contribution in [2.24, 2.45) is 0 Å². The largest absolute Gasteiger partial charge is 0.516 e. The topological polar surface area (TPSA) is 168 Å². The van der Waals surface area contributed by atoms with E-state index in [1.54, 1.807) is 18.2 Å². The van der Waals surface area contributed by atoms with Gasteiger partial charge in [0.2, 0.25) is 5.91 Å². The molecule has 0 unspecified atom stereocenters. The number of carboxylic acids is 1. The third-order valence-electron chi connectivity index (χ3n) is 4.11. The first-order valence-corrected chi connectivity index (χ1v) is 12.5. The lowest BCUT2D eigenvalue weighted by Gasteiger charge is -2.16. The Labute approximate surface area is 223 Å². The molecule has 0 saturated heterocycles. The summed E-state index contributed by atoms with van der Waals surface area (Å²) in [6.07, 6.45) is 8.80. The van der Waals surface area contributed by atoms with Crippen LogP contribution in [-0.4, -0.2) is 62.3 Å². The van der Waals surface area contributed by atoms with E-state index in [9.17, 15) is 40.8 Å². The molecule has 2 aromatic carbocycles. The van der Waals surface area contributed by atoms with Crippen LogP contribution in [0.2, 0.25) is 0 Å². The number of anilines is 1. The Balaban J connectivity index is 0.00000269. The van der Waals surface area contributed by atoms with E-state index in [1.807, 2.05) is 0 Å². The molecule has 214 valence electrons. The molecule has 0 aromatic heterocycles. The molecule has 0 aliphatic rings. The number of halogens is 3. The molecule has 4 N–H and O–H groups in total. The van der Waals surface area contributed by atoms with Crippen LogP contribution in [0.3, 0.4) is 0 Å². The first-order chi connectivity index (χ1) is 18.2. The summed E-state index contributed by atoms with van der Waals surface area (Å²) in [4.78, 5) is 45.0. The van der Waals surface area contributed by atoms with Crippen molar-refractivity contribution >= 4 is 50.6 Å². The molecule has 15 heteroatoms. The summed E-state index contributed by atoms with van der Waals surface area (Å²) in [6.45, 7) is 2.79. The molecule has 2 rings (SSSR count). The number of aliphatic carboxylic acids is 1. The van der Waals surface area contributed by atoms with Crippen molar-refractivity contribution < 1.29 is 50.6 Å². The summed E-state index contributed by atoms with van der Waals surface area (Å²) >= 11 is 0. The number of hydrogen-bond donors (Lipinski definition) is 4. The van der Waals surface area contributed by atoms with Crippen LogP contribution < -0.4 is 20.1 Å². The molecule has 0 spiro atoms. The van der Waals surface area contributed by atoms with Gasteiger partial charge in [0.15, 0.2) is 6.61 Å². The van der Waals surface area contributed by atoms with Crippen molar-refractivity contribution in [1.29, 1.82) is 0 Å². The number of carbonyl (C=O) groups excluding carboxylic acids is 3. The number of fused-ring (bicyclic) bond motifs is 1. The number of nitrogens with one attached hydrogen (secondary N) is 3. The molecule has 0 aliphatic heterocycles. The molecular formula is C24H28F3N3O8S. The molecule has 0 radical (unpaired) electrons. The van der Waals surface area contributed by atoms with Crippen molar-refractivity contribution in [3.05, 3.63) is 36.4 Å². The van der Waals surface area contributed by atoms with Gasteiger partial charge in [0.1, 0.15) is 12.0 Å². The quantitative estimate of drug-likeness (QED) is 0.234. The van der Waals surface area contributed by atoms with Crippen molar-refractivity contribution in [3.63, 3.8) is 0 Å². The maximum atomic E-state index is 12.8. The normalized spacial score (nSPS) is 11.4. The van der Waals surface area contributed by atoms with Gasteiger partial charge in [-0.05, 0) is 22.9 Å². The van der Waals surface area contributed by atoms with E-state index >= 15 is 0 Å². The third kappa shape index (κ3) is 12.2. The maximum Gasteiger partial charge on any atom is 0.516 e. The van der Waals surface area contributed by atoms with E-state index in [2.05, 4.69) is 37.3 Å². The molecule has 2 amide bonds. The van der Waals surface area contributed by atoms with E-state index in [0.29, 0.717) is 10.8 Å². The first-order valence-electron chi connectivity index (χ1n) is 11.0. The van der Waals surface area contributed by atoms with Crippen molar-refractivity contribution in [1.82, 2.24) is 10.6 Å². The lowest BCUT2D eigenvalue weighted by atomic mass is 10.1. The molecule has 0 bridgehead atoms. The number of aldehydes is 1. The van der Waals surface area contributed by atoms with Gasteiger partial charge in [-0.15, -0.1) is 12.8 Å². The van der Waals surface area contributed by atoms with Crippen LogP contribution in [0.5, 0.6) is 5.75 Å². The molecule has 0 fully saturated rings. The summed E-state index contributed by atoms with van der Waals surface area (Å²) in [6, 6.07) is 7.32. The van der Waals surface area contributed by atoms with E-state index in [0.717, 1.165) is 6.07 Å². The minimum absolute atomic E-state index is 0.209. The summed E-state index contributed by atoms with van der Waals surface area (Å²) < 4.78 is 68.0. The highest BCUT2D eigenvalue weighted by molar-refractivity contribution is 7.93. The smallest absolute Gasteiger partial charge is 0.482 e. The van der Waals surface area contributed by atoms with Gasteiger partial charge in [0.05, 0.1) is 24.7 Å². The van der Waals surface area contributed by atoms with Gasteiger partial charge in [-0.3, -0.25) is 19.1 Å². The zero-order chi connectivity index (χ0) is 30.2. The standard InChI is InChI=1S/C19H18F3N3O8S.C3H8.C2H2/c20-19(21,22)34(31,32)25-14-5-11-3-1-2-4-12(11)6-15(14)33-10-17(28)23-8-16(27)24-13(9-26)7-18(29)30;1-3-2;1-2/h1-6,9,13,25H,7-8,10H2,(H,23,28)(H,24,27)(H,29,30);3H2,1-2H3;1-2H/t13-;;/m0../s1. The molecule has 0 aliphatic carbocycles. The summed E-state index contributed by atoms with van der Waals surface area (Å²) in [7, 11) is -5.78. The summed E-state index contributed by atoms with van der Waals surface area (Å²) in [5, 5.41) is 13.7. The number of hydrogen-bond acceptors (Lipinski definition) is 7. The predicted molar refractivity (Wildman–Crippen MR) is 137 cm³/mol. The Hall–Kier alpha value is -4.32. The summed E-state index contributed by atoms with van der Waals surface area (Å²) in [5.74, 6) is -3.50. The minimum atomic E-state index is -5.78. The zero-order valence-corrected chi connectivity index (χ0v) is 21.8. The van der Waals surface area contributed by atoms with Gasteiger partial charge in [-0.2, -0.15) is 21.6 Å². The molecule has 2 aromatic rings. The third-order valence-corrected chi connectivity index (χ3v) is 5.21. The van der Waals surface area contributed by atoms with Gasteiger partial charge >= 0.3 is 21.5 Å². The molecule has 1 atom stereocenters. The van der Waals surface area contributed by atoms with Gasteiger partial charge in [0.25, 0.3) is 5.91 Å². The second-order valence-electron chi connectivity index (χ2n) is 7.43. The van der Waals surface area contributed by atoms with Crippen molar-refractivity contribution in [2.45, 2.75) is 38.2 Å². The molecule has 39 heavy (non-hydrogen) atoms. The predicted octanol–water partition coefficient (Wildman–Crippen LogP) is 2.42. The Morgan fingerprint density at radius 2 is 1.62 bits per heavy atom. The average Bonchev–Trinajstić information content (AvgIpc) is 2.86. The highest BCUT2D eigenvalue weighted by atomic mass is 32.2. The second kappa shape index (κ2) is 16.5. The number of ether oxygens (including phenoxy) is 1. The zero-order valence-electron chi connectivity index (χ0n) is 20.9. The van der Waals surface area contributed by atoms with Crippen LogP contribution >= 0.6 is 0 Å². The van der Waals surface area contributed by atoms with Crippen molar-refractivity contribution in [3.8, 4) is 18.6 Å². The monoisotopic (exact) mass is 575 g/mol. The summed E-state index contributed by atoms with van der Waals surface area (Å²) in [5.41, 5.74) is -6.16. The molecular weight excluding hydrogens is 547 g/mol. The van der Waals surface area contributed by atoms with Crippen LogP contribution in [0.1, 0.15) is 26.7 Å². The van der Waals surface area contributed by atoms with Crippen LogP contribution in [0.4, 0.5) is 18.9 Å². The Morgan fingerprint density at radius 3 is 2.10 bits per heavy atom. The van der Waals surface area contributed by atoms with E-state index < -0.39 is 64.6 Å². The van der Waals surface area contributed by atoms with Crippen LogP contribution in [0.25, 0.3) is 10.8 Å². The van der Waals surface area contributed by atoms with Crippen LogP contribution in [0.15, 0.2) is 36.4 Å². The van der Waals surface area contributed by atoms with E-state index in [-0.39, 0.29) is 12.0 Å². The maximum absolute atomic E-state index is 12.8. The fourth-order valence-corrected chi connectivity index (χ4v) is 3.14. The lowest BCUT2D eigenvalue weighted by Crippen LogP contribution is -2.44. The number of rotatable bonds is 11. The number of terminal acetylenes is 1. The number of benzene rings is 2.